The van der Waals surface area contributed by atoms with E-state index in [-0.39, 0.29) is 5.69 Å². The van der Waals surface area contributed by atoms with E-state index < -0.39 is 4.92 Å². The molecular weight excluding hydrogens is 332 g/mol. The molecule has 1 aromatic carbocycles. The summed E-state index contributed by atoms with van der Waals surface area (Å²) in [6.45, 7) is 5.41. The first-order chi connectivity index (χ1) is 12.6. The second kappa shape index (κ2) is 6.78. The zero-order valence-corrected chi connectivity index (χ0v) is 14.8. The van der Waals surface area contributed by atoms with Gasteiger partial charge in [-0.2, -0.15) is 4.98 Å². The average Bonchev–Trinajstić information content (AvgIpc) is 3.46. The monoisotopic (exact) mass is 354 g/mol. The number of piperazine rings is 1. The standard InChI is InChI=1S/C18H22N6O2/c1-13-3-2-4-15(11-13)22-7-9-23(10-8-22)18-19-12-16(24(25)26)17(21-18)20-14-5-6-14/h2-4,11-12,14H,5-10H2,1H3,(H,19,20,21). The minimum Gasteiger partial charge on any atom is -0.368 e. The first-order valence-electron chi connectivity index (χ1n) is 8.95. The van der Waals surface area contributed by atoms with Crippen LogP contribution in [0.4, 0.5) is 23.1 Å². The molecule has 136 valence electrons. The fraction of sp³-hybridized carbons (Fsp3) is 0.444. The normalized spacial score (nSPS) is 17.3. The quantitative estimate of drug-likeness (QED) is 0.652. The zero-order chi connectivity index (χ0) is 18.1. The molecule has 4 rings (SSSR count). The van der Waals surface area contributed by atoms with Crippen LogP contribution in [-0.4, -0.2) is 47.1 Å². The second-order valence-corrected chi connectivity index (χ2v) is 6.89. The molecule has 8 nitrogen and oxygen atoms in total. The highest BCUT2D eigenvalue weighted by Gasteiger charge is 2.28. The summed E-state index contributed by atoms with van der Waals surface area (Å²) in [5.41, 5.74) is 2.42. The van der Waals surface area contributed by atoms with Gasteiger partial charge in [-0.1, -0.05) is 12.1 Å². The number of nitrogens with zero attached hydrogens (tertiary/aromatic N) is 5. The molecule has 2 aromatic rings. The van der Waals surface area contributed by atoms with Crippen LogP contribution < -0.4 is 15.1 Å². The molecule has 1 N–H and O–H groups in total. The van der Waals surface area contributed by atoms with Crippen LogP contribution in [0.3, 0.4) is 0 Å². The van der Waals surface area contributed by atoms with E-state index in [0.29, 0.717) is 17.8 Å². The molecule has 8 heteroatoms. The van der Waals surface area contributed by atoms with Crippen molar-refractivity contribution in [3.05, 3.63) is 46.1 Å². The summed E-state index contributed by atoms with van der Waals surface area (Å²) in [4.78, 5) is 23.9. The Morgan fingerprint density at radius 2 is 1.92 bits per heavy atom. The SMILES string of the molecule is Cc1cccc(N2CCN(c3ncc([N+](=O)[O-])c(NC4CC4)n3)CC2)c1. The van der Waals surface area contributed by atoms with Crippen molar-refractivity contribution < 1.29 is 4.92 Å². The van der Waals surface area contributed by atoms with Gasteiger partial charge in [-0.05, 0) is 37.5 Å². The predicted octanol–water partition coefficient (Wildman–Crippen LogP) is 2.59. The minimum atomic E-state index is -0.426. The van der Waals surface area contributed by atoms with Crippen LogP contribution in [0.15, 0.2) is 30.5 Å². The van der Waals surface area contributed by atoms with Gasteiger partial charge in [-0.15, -0.1) is 0 Å². The molecule has 0 bridgehead atoms. The van der Waals surface area contributed by atoms with Gasteiger partial charge in [0.2, 0.25) is 11.8 Å². The summed E-state index contributed by atoms with van der Waals surface area (Å²) in [5, 5.41) is 14.4. The maximum Gasteiger partial charge on any atom is 0.329 e. The van der Waals surface area contributed by atoms with Crippen molar-refractivity contribution in [1.82, 2.24) is 9.97 Å². The lowest BCUT2D eigenvalue weighted by Gasteiger charge is -2.36. The van der Waals surface area contributed by atoms with Crippen molar-refractivity contribution in [3.8, 4) is 0 Å². The van der Waals surface area contributed by atoms with Crippen LogP contribution in [0.25, 0.3) is 0 Å². The van der Waals surface area contributed by atoms with Crippen molar-refractivity contribution in [1.29, 1.82) is 0 Å². The molecular formula is C18H22N6O2. The van der Waals surface area contributed by atoms with Crippen molar-refractivity contribution >= 4 is 23.1 Å². The minimum absolute atomic E-state index is 0.0564. The molecule has 26 heavy (non-hydrogen) atoms. The molecule has 0 spiro atoms. The Morgan fingerprint density at radius 3 is 2.58 bits per heavy atom. The van der Waals surface area contributed by atoms with Crippen LogP contribution in [0.1, 0.15) is 18.4 Å². The van der Waals surface area contributed by atoms with Crippen molar-refractivity contribution in [2.24, 2.45) is 0 Å². The highest BCUT2D eigenvalue weighted by molar-refractivity contribution is 5.59. The lowest BCUT2D eigenvalue weighted by atomic mass is 10.2. The van der Waals surface area contributed by atoms with Crippen molar-refractivity contribution in [3.63, 3.8) is 0 Å². The van der Waals surface area contributed by atoms with Gasteiger partial charge in [0.1, 0.15) is 6.20 Å². The summed E-state index contributed by atoms with van der Waals surface area (Å²) in [7, 11) is 0. The van der Waals surface area contributed by atoms with Gasteiger partial charge >= 0.3 is 5.69 Å². The molecule has 0 amide bonds. The average molecular weight is 354 g/mol. The molecule has 2 heterocycles. The number of benzene rings is 1. The van der Waals surface area contributed by atoms with Crippen molar-refractivity contribution in [2.45, 2.75) is 25.8 Å². The van der Waals surface area contributed by atoms with Gasteiger partial charge in [-0.3, -0.25) is 10.1 Å². The Bertz CT molecular complexity index is 815. The summed E-state index contributed by atoms with van der Waals surface area (Å²) in [6.07, 6.45) is 3.39. The van der Waals surface area contributed by atoms with Gasteiger partial charge in [0.25, 0.3) is 0 Å². The molecule has 2 fully saturated rings. The number of nitro groups is 1. The van der Waals surface area contributed by atoms with Crippen LogP contribution >= 0.6 is 0 Å². The topological polar surface area (TPSA) is 87.4 Å². The number of rotatable bonds is 5. The Labute approximate surface area is 152 Å². The number of anilines is 3. The maximum absolute atomic E-state index is 11.2. The summed E-state index contributed by atoms with van der Waals surface area (Å²) >= 11 is 0. The van der Waals surface area contributed by atoms with E-state index in [9.17, 15) is 10.1 Å². The highest BCUT2D eigenvalue weighted by Crippen LogP contribution is 2.30. The van der Waals surface area contributed by atoms with E-state index >= 15 is 0 Å². The Hall–Kier alpha value is -2.90. The van der Waals surface area contributed by atoms with E-state index in [1.165, 1.54) is 17.4 Å². The molecule has 1 saturated carbocycles. The molecule has 1 saturated heterocycles. The number of hydrogen-bond acceptors (Lipinski definition) is 7. The smallest absolute Gasteiger partial charge is 0.329 e. The van der Waals surface area contributed by atoms with Crippen LogP contribution in [0.5, 0.6) is 0 Å². The third kappa shape index (κ3) is 3.54. The molecule has 1 aromatic heterocycles. The largest absolute Gasteiger partial charge is 0.368 e. The van der Waals surface area contributed by atoms with E-state index in [1.807, 2.05) is 0 Å². The number of aryl methyl sites for hydroxylation is 1. The fourth-order valence-electron chi connectivity index (χ4n) is 3.17. The first kappa shape index (κ1) is 16.6. The summed E-state index contributed by atoms with van der Waals surface area (Å²) in [5.74, 6) is 0.895. The summed E-state index contributed by atoms with van der Waals surface area (Å²) in [6, 6.07) is 8.79. The molecule has 1 aliphatic carbocycles. The third-order valence-electron chi connectivity index (χ3n) is 4.80. The maximum atomic E-state index is 11.2. The second-order valence-electron chi connectivity index (χ2n) is 6.89. The fourth-order valence-corrected chi connectivity index (χ4v) is 3.17. The van der Waals surface area contributed by atoms with Crippen LogP contribution in [0.2, 0.25) is 0 Å². The highest BCUT2D eigenvalue weighted by atomic mass is 16.6. The predicted molar refractivity (Wildman–Crippen MR) is 101 cm³/mol. The third-order valence-corrected chi connectivity index (χ3v) is 4.80. The van der Waals surface area contributed by atoms with E-state index in [2.05, 4.69) is 56.3 Å². The van der Waals surface area contributed by atoms with Gasteiger partial charge in [0.05, 0.1) is 4.92 Å². The van der Waals surface area contributed by atoms with Crippen LogP contribution in [0, 0.1) is 17.0 Å². The van der Waals surface area contributed by atoms with Gasteiger partial charge < -0.3 is 15.1 Å². The van der Waals surface area contributed by atoms with E-state index in [4.69, 9.17) is 0 Å². The molecule has 2 aliphatic rings. The lowest BCUT2D eigenvalue weighted by Crippen LogP contribution is -2.47. The van der Waals surface area contributed by atoms with Gasteiger partial charge in [0, 0.05) is 37.9 Å². The number of hydrogen-bond donors (Lipinski definition) is 1. The number of nitrogens with one attached hydrogen (secondary N) is 1. The van der Waals surface area contributed by atoms with Gasteiger partial charge in [0.15, 0.2) is 0 Å². The van der Waals surface area contributed by atoms with E-state index in [1.54, 1.807) is 0 Å². The molecule has 0 atom stereocenters. The Kier molecular flexibility index (Phi) is 4.32. The Balaban J connectivity index is 1.47. The summed E-state index contributed by atoms with van der Waals surface area (Å²) < 4.78 is 0. The number of aromatic nitrogens is 2. The Morgan fingerprint density at radius 1 is 1.19 bits per heavy atom. The molecule has 1 aliphatic heterocycles. The first-order valence-corrected chi connectivity index (χ1v) is 8.95. The van der Waals surface area contributed by atoms with Crippen LogP contribution in [-0.2, 0) is 0 Å². The zero-order valence-electron chi connectivity index (χ0n) is 14.8. The lowest BCUT2D eigenvalue weighted by molar-refractivity contribution is -0.384. The van der Waals surface area contributed by atoms with Gasteiger partial charge in [-0.25, -0.2) is 4.98 Å². The van der Waals surface area contributed by atoms with Crippen molar-refractivity contribution in [2.75, 3.05) is 41.3 Å². The van der Waals surface area contributed by atoms with E-state index in [0.717, 1.165) is 39.0 Å². The molecule has 0 radical (unpaired) electrons. The molecule has 0 unspecified atom stereocenters.